The quantitative estimate of drug-likeness (QED) is 0.522. The van der Waals surface area contributed by atoms with E-state index in [9.17, 15) is 18.4 Å². The summed E-state index contributed by atoms with van der Waals surface area (Å²) in [4.78, 5) is 29.6. The van der Waals surface area contributed by atoms with Gasteiger partial charge >= 0.3 is 17.7 Å². The Bertz CT molecular complexity index is 713. The molecule has 0 aromatic heterocycles. The van der Waals surface area contributed by atoms with Gasteiger partial charge in [-0.2, -0.15) is 8.78 Å². The first-order chi connectivity index (χ1) is 14.4. The summed E-state index contributed by atoms with van der Waals surface area (Å²) < 4.78 is 33.5. The average Bonchev–Trinajstić information content (AvgIpc) is 2.77. The van der Waals surface area contributed by atoms with Crippen molar-refractivity contribution in [3.63, 3.8) is 0 Å². The van der Waals surface area contributed by atoms with E-state index >= 15 is 0 Å². The maximum atomic E-state index is 14.2. The molecule has 1 aromatic rings. The summed E-state index contributed by atoms with van der Waals surface area (Å²) in [5, 5.41) is 2.24. The summed E-state index contributed by atoms with van der Waals surface area (Å²) in [5.41, 5.74) is 1.22. The Morgan fingerprint density at radius 2 is 1.83 bits per heavy atom. The number of likely N-dealkylation sites (N-methyl/N-ethyl adjacent to an activating group) is 1. The van der Waals surface area contributed by atoms with Crippen LogP contribution in [0.15, 0.2) is 30.3 Å². The lowest BCUT2D eigenvalue weighted by Gasteiger charge is -2.40. The predicted molar refractivity (Wildman–Crippen MR) is 108 cm³/mol. The second-order valence-corrected chi connectivity index (χ2v) is 7.81. The van der Waals surface area contributed by atoms with Crippen molar-refractivity contribution in [2.24, 2.45) is 0 Å². The maximum Gasteiger partial charge on any atom is 0.400 e. The first kappa shape index (κ1) is 22.6. The van der Waals surface area contributed by atoms with E-state index in [0.717, 1.165) is 24.5 Å². The Morgan fingerprint density at radius 1 is 1.13 bits per heavy atom. The molecule has 9 heteroatoms. The van der Waals surface area contributed by atoms with Crippen molar-refractivity contribution in [1.29, 1.82) is 0 Å². The lowest BCUT2D eigenvalue weighted by molar-refractivity contribution is -0.170. The molecule has 1 aromatic carbocycles. The molecule has 2 amide bonds. The molecule has 2 fully saturated rings. The molecule has 166 valence electrons. The van der Waals surface area contributed by atoms with Crippen LogP contribution in [0.1, 0.15) is 18.0 Å². The van der Waals surface area contributed by atoms with E-state index in [2.05, 4.69) is 34.3 Å². The highest BCUT2D eigenvalue weighted by atomic mass is 19.3. The molecule has 1 N–H and O–H groups in total. The highest BCUT2D eigenvalue weighted by Gasteiger charge is 2.49. The molecule has 3 rings (SSSR count). The largest absolute Gasteiger partial charge is 0.400 e. The molecule has 1 atom stereocenters. The highest BCUT2D eigenvalue weighted by molar-refractivity contribution is 6.06. The number of hydrogen-bond donors (Lipinski definition) is 1. The molecular formula is C21H30F2N4O3. The standard InChI is InChI=1S/C21H30F2N4O3/c1-25-10-11-26(18(16-25)17-6-3-2-4-7-17)9-5-8-24-19(28)21(22,23)20(29)27-12-14-30-15-13-27/h2-4,6-7,18H,5,8-16H2,1H3,(H,24,28)/t18-/m1/s1. The summed E-state index contributed by atoms with van der Waals surface area (Å²) in [7, 11) is 2.08. The predicted octanol–water partition coefficient (Wildman–Crippen LogP) is 0.976. The van der Waals surface area contributed by atoms with Gasteiger partial charge in [0.2, 0.25) is 0 Å². The van der Waals surface area contributed by atoms with Crippen LogP contribution in [-0.2, 0) is 14.3 Å². The third kappa shape index (κ3) is 5.53. The fourth-order valence-corrected chi connectivity index (χ4v) is 3.87. The monoisotopic (exact) mass is 424 g/mol. The van der Waals surface area contributed by atoms with E-state index in [1.54, 1.807) is 0 Å². The van der Waals surface area contributed by atoms with Crippen molar-refractivity contribution in [3.05, 3.63) is 35.9 Å². The van der Waals surface area contributed by atoms with Crippen molar-refractivity contribution < 1.29 is 23.1 Å². The van der Waals surface area contributed by atoms with Gasteiger partial charge in [-0.05, 0) is 19.0 Å². The van der Waals surface area contributed by atoms with Crippen LogP contribution in [0, 0.1) is 0 Å². The van der Waals surface area contributed by atoms with Gasteiger partial charge in [-0.1, -0.05) is 30.3 Å². The van der Waals surface area contributed by atoms with E-state index in [1.807, 2.05) is 18.2 Å². The Labute approximate surface area is 175 Å². The minimum atomic E-state index is -4.06. The molecule has 2 saturated heterocycles. The van der Waals surface area contributed by atoms with Crippen molar-refractivity contribution >= 4 is 11.8 Å². The smallest absolute Gasteiger partial charge is 0.378 e. The number of alkyl halides is 2. The number of morpholine rings is 1. The van der Waals surface area contributed by atoms with Crippen LogP contribution in [0.4, 0.5) is 8.78 Å². The zero-order valence-corrected chi connectivity index (χ0v) is 17.4. The zero-order valence-electron chi connectivity index (χ0n) is 17.4. The number of carbonyl (C=O) groups is 2. The van der Waals surface area contributed by atoms with Crippen LogP contribution in [0.3, 0.4) is 0 Å². The van der Waals surface area contributed by atoms with Gasteiger partial charge in [-0.3, -0.25) is 14.5 Å². The van der Waals surface area contributed by atoms with Crippen molar-refractivity contribution in [3.8, 4) is 0 Å². The number of piperazine rings is 1. The highest BCUT2D eigenvalue weighted by Crippen LogP contribution is 2.25. The summed E-state index contributed by atoms with van der Waals surface area (Å²) in [6.45, 7) is 4.03. The number of carbonyl (C=O) groups excluding carboxylic acids is 2. The molecule has 0 unspecified atom stereocenters. The normalized spacial score (nSPS) is 21.4. The Kier molecular flexibility index (Phi) is 7.74. The maximum absolute atomic E-state index is 14.2. The van der Waals surface area contributed by atoms with E-state index in [1.165, 1.54) is 5.56 Å². The van der Waals surface area contributed by atoms with E-state index in [-0.39, 0.29) is 38.9 Å². The number of ether oxygens (including phenoxy) is 1. The molecule has 2 heterocycles. The van der Waals surface area contributed by atoms with Gasteiger partial charge in [0.1, 0.15) is 0 Å². The average molecular weight is 424 g/mol. The molecule has 0 spiro atoms. The number of nitrogens with zero attached hydrogens (tertiary/aromatic N) is 3. The van der Waals surface area contributed by atoms with Gasteiger partial charge in [-0.25, -0.2) is 0 Å². The number of nitrogens with one attached hydrogen (secondary N) is 1. The first-order valence-electron chi connectivity index (χ1n) is 10.4. The lowest BCUT2D eigenvalue weighted by atomic mass is 10.0. The second kappa shape index (κ2) is 10.3. The van der Waals surface area contributed by atoms with Crippen LogP contribution >= 0.6 is 0 Å². The van der Waals surface area contributed by atoms with Gasteiger partial charge in [0.15, 0.2) is 0 Å². The topological polar surface area (TPSA) is 65.1 Å². The van der Waals surface area contributed by atoms with E-state index in [0.29, 0.717) is 13.0 Å². The van der Waals surface area contributed by atoms with Crippen LogP contribution in [-0.4, -0.2) is 98.5 Å². The van der Waals surface area contributed by atoms with Crippen molar-refractivity contribution in [2.75, 3.05) is 66.1 Å². The SMILES string of the molecule is CN1CCN(CCCNC(=O)C(F)(F)C(=O)N2CCOCC2)[C@@H](c2ccccc2)C1. The minimum absolute atomic E-state index is 0.0754. The molecule has 0 aliphatic carbocycles. The van der Waals surface area contributed by atoms with Gasteiger partial charge in [0, 0.05) is 51.9 Å². The van der Waals surface area contributed by atoms with E-state index < -0.39 is 17.7 Å². The first-order valence-corrected chi connectivity index (χ1v) is 10.4. The number of halogens is 2. The number of amides is 2. The van der Waals surface area contributed by atoms with Gasteiger partial charge in [0.05, 0.1) is 13.2 Å². The zero-order chi connectivity index (χ0) is 21.6. The Morgan fingerprint density at radius 3 is 2.53 bits per heavy atom. The fourth-order valence-electron chi connectivity index (χ4n) is 3.87. The molecule has 0 bridgehead atoms. The lowest BCUT2D eigenvalue weighted by Crippen LogP contribution is -2.55. The number of rotatable bonds is 7. The molecule has 7 nitrogen and oxygen atoms in total. The molecule has 0 saturated carbocycles. The summed E-state index contributed by atoms with van der Waals surface area (Å²) >= 11 is 0. The number of hydrogen-bond acceptors (Lipinski definition) is 5. The second-order valence-electron chi connectivity index (χ2n) is 7.81. The van der Waals surface area contributed by atoms with Crippen LogP contribution in [0.2, 0.25) is 0 Å². The fraction of sp³-hybridized carbons (Fsp3) is 0.619. The van der Waals surface area contributed by atoms with Gasteiger partial charge in [-0.15, -0.1) is 0 Å². The van der Waals surface area contributed by atoms with Crippen molar-refractivity contribution in [1.82, 2.24) is 20.0 Å². The number of benzene rings is 1. The molecule has 2 aliphatic heterocycles. The summed E-state index contributed by atoms with van der Waals surface area (Å²) in [6, 6.07) is 10.4. The summed E-state index contributed by atoms with van der Waals surface area (Å²) in [5.74, 6) is -7.04. The third-order valence-electron chi connectivity index (χ3n) is 5.64. The van der Waals surface area contributed by atoms with Crippen molar-refractivity contribution in [2.45, 2.75) is 18.4 Å². The molecule has 0 radical (unpaired) electrons. The Hall–Kier alpha value is -2.10. The van der Waals surface area contributed by atoms with Crippen LogP contribution in [0.25, 0.3) is 0 Å². The Balaban J connectivity index is 1.48. The van der Waals surface area contributed by atoms with Gasteiger partial charge < -0.3 is 19.9 Å². The van der Waals surface area contributed by atoms with E-state index in [4.69, 9.17) is 4.74 Å². The van der Waals surface area contributed by atoms with Gasteiger partial charge in [0.25, 0.3) is 0 Å². The third-order valence-corrected chi connectivity index (χ3v) is 5.64. The molecular weight excluding hydrogens is 394 g/mol. The summed E-state index contributed by atoms with van der Waals surface area (Å²) in [6.07, 6.45) is 0.528. The molecule has 30 heavy (non-hydrogen) atoms. The van der Waals surface area contributed by atoms with Crippen LogP contribution < -0.4 is 5.32 Å². The minimum Gasteiger partial charge on any atom is -0.378 e. The molecule has 2 aliphatic rings. The van der Waals surface area contributed by atoms with Crippen LogP contribution in [0.5, 0.6) is 0 Å².